The van der Waals surface area contributed by atoms with E-state index in [-0.39, 0.29) is 24.4 Å². The van der Waals surface area contributed by atoms with Crippen LogP contribution in [0.25, 0.3) is 21.8 Å². The van der Waals surface area contributed by atoms with Gasteiger partial charge in [-0.25, -0.2) is 0 Å². The topological polar surface area (TPSA) is 142 Å². The van der Waals surface area contributed by atoms with Crippen molar-refractivity contribution in [3.05, 3.63) is 71.0 Å². The highest BCUT2D eigenvalue weighted by Crippen LogP contribution is 2.47. The van der Waals surface area contributed by atoms with Gasteiger partial charge in [-0.1, -0.05) is 30.3 Å². The van der Waals surface area contributed by atoms with E-state index in [1.165, 1.54) is 18.0 Å². The van der Waals surface area contributed by atoms with Crippen LogP contribution in [0.3, 0.4) is 0 Å². The van der Waals surface area contributed by atoms with E-state index in [2.05, 4.69) is 27.9 Å². The monoisotopic (exact) mass is 556 g/mol. The van der Waals surface area contributed by atoms with Crippen molar-refractivity contribution < 1.29 is 34.4 Å². The van der Waals surface area contributed by atoms with Gasteiger partial charge in [0.1, 0.15) is 36.0 Å². The number of fused-ring (bicyclic) bond motifs is 1. The van der Waals surface area contributed by atoms with E-state index in [1.54, 1.807) is 0 Å². The first-order valence-corrected chi connectivity index (χ1v) is 14.2. The third kappa shape index (κ3) is 4.10. The Kier molecular flexibility index (Phi) is 6.24. The number of aliphatic hydroxyl groups is 3. The molecule has 1 unspecified atom stereocenters. The van der Waals surface area contributed by atoms with Crippen LogP contribution in [0.4, 0.5) is 0 Å². The maximum Gasteiger partial charge on any atom is 0.161 e. The SMILES string of the molecule is CC(=O)[C@@H]1OC(Cc2ccc3c([C@@H]4C(=O)CC(=O)[C@H]4c4cn5c6c(cccc46)CCC5)c[nH]c3c2)[C@@H](O)[C@H](O)[C@H]1O. The van der Waals surface area contributed by atoms with Crippen molar-refractivity contribution in [3.63, 3.8) is 0 Å². The molecule has 2 fully saturated rings. The van der Waals surface area contributed by atoms with Crippen LogP contribution in [0.1, 0.15) is 53.9 Å². The summed E-state index contributed by atoms with van der Waals surface area (Å²) in [4.78, 5) is 41.9. The lowest BCUT2D eigenvalue weighted by molar-refractivity contribution is -0.218. The standard InChI is InChI=1S/C32H32N2O7/c1-15(35)32-31(40)30(39)29(38)25(41-32)11-16-7-8-18-20(13-33-22(18)10-16)26-23(36)12-24(37)27(26)21-14-34-9-3-5-17-4-2-6-19(21)28(17)34/h2,4,6-8,10,13-14,25-27,29-33,38-40H,3,5,9,11-12H2,1H3/t25?,26-,27-,29-,30+,31-,32+/m1/s1. The molecule has 2 aromatic heterocycles. The minimum Gasteiger partial charge on any atom is -0.388 e. The van der Waals surface area contributed by atoms with E-state index >= 15 is 0 Å². The van der Waals surface area contributed by atoms with Crippen LogP contribution in [-0.4, -0.2) is 72.7 Å². The van der Waals surface area contributed by atoms with Gasteiger partial charge in [0.15, 0.2) is 5.78 Å². The Hall–Kier alpha value is -3.63. The maximum atomic E-state index is 13.4. The molecule has 0 amide bonds. The number of ether oxygens (including phenoxy) is 1. The summed E-state index contributed by atoms with van der Waals surface area (Å²) >= 11 is 0. The molecule has 212 valence electrons. The van der Waals surface area contributed by atoms with Crippen LogP contribution in [0.5, 0.6) is 0 Å². The molecular formula is C32H32N2O7. The lowest BCUT2D eigenvalue weighted by atomic mass is 9.82. The van der Waals surface area contributed by atoms with Crippen LogP contribution >= 0.6 is 0 Å². The molecule has 4 N–H and O–H groups in total. The highest BCUT2D eigenvalue weighted by Gasteiger charge is 2.47. The van der Waals surface area contributed by atoms with Crippen molar-refractivity contribution in [1.82, 2.24) is 9.55 Å². The number of H-pyrrole nitrogens is 1. The second kappa shape index (κ2) is 9.73. The van der Waals surface area contributed by atoms with Gasteiger partial charge in [-0.3, -0.25) is 14.4 Å². The van der Waals surface area contributed by atoms with Gasteiger partial charge in [0.25, 0.3) is 0 Å². The lowest BCUT2D eigenvalue weighted by Crippen LogP contribution is -2.59. The molecule has 9 nitrogen and oxygen atoms in total. The molecule has 0 radical (unpaired) electrons. The number of nitrogens with one attached hydrogen (secondary N) is 1. The average molecular weight is 557 g/mol. The molecule has 7 rings (SSSR count). The molecular weight excluding hydrogens is 524 g/mol. The molecule has 1 saturated heterocycles. The smallest absolute Gasteiger partial charge is 0.161 e. The molecule has 0 spiro atoms. The largest absolute Gasteiger partial charge is 0.388 e. The third-order valence-corrected chi connectivity index (χ3v) is 9.23. The number of para-hydroxylation sites is 1. The molecule has 9 heteroatoms. The Bertz CT molecular complexity index is 1720. The Balaban J connectivity index is 1.22. The second-order valence-corrected chi connectivity index (χ2v) is 11.8. The van der Waals surface area contributed by atoms with Crippen LogP contribution in [0, 0.1) is 0 Å². The summed E-state index contributed by atoms with van der Waals surface area (Å²) < 4.78 is 7.92. The zero-order valence-corrected chi connectivity index (χ0v) is 22.6. The van der Waals surface area contributed by atoms with Gasteiger partial charge < -0.3 is 29.6 Å². The first-order chi connectivity index (χ1) is 19.7. The number of hydrogen-bond donors (Lipinski definition) is 4. The van der Waals surface area contributed by atoms with Crippen molar-refractivity contribution in [2.45, 2.75) is 81.5 Å². The second-order valence-electron chi connectivity index (χ2n) is 11.8. The molecule has 3 aliphatic rings. The minimum atomic E-state index is -1.50. The Morgan fingerprint density at radius 3 is 2.56 bits per heavy atom. The van der Waals surface area contributed by atoms with Crippen LogP contribution in [0.15, 0.2) is 48.8 Å². The summed E-state index contributed by atoms with van der Waals surface area (Å²) in [5.74, 6) is -1.72. The normalized spacial score (nSPS) is 30.0. The molecule has 2 aliphatic heterocycles. The van der Waals surface area contributed by atoms with Gasteiger partial charge in [0.2, 0.25) is 0 Å². The zero-order valence-electron chi connectivity index (χ0n) is 22.6. The number of ketones is 3. The van der Waals surface area contributed by atoms with Crippen LogP contribution < -0.4 is 0 Å². The van der Waals surface area contributed by atoms with Crippen LogP contribution in [-0.2, 0) is 38.5 Å². The number of nitrogens with zero attached hydrogens (tertiary/aromatic N) is 1. The summed E-state index contributed by atoms with van der Waals surface area (Å²) in [5, 5.41) is 32.8. The van der Waals surface area contributed by atoms with Crippen molar-refractivity contribution in [3.8, 4) is 0 Å². The number of aryl methyl sites for hydroxylation is 2. The van der Waals surface area contributed by atoms with Crippen LogP contribution in [0.2, 0.25) is 0 Å². The van der Waals surface area contributed by atoms with E-state index in [0.717, 1.165) is 52.4 Å². The number of Topliss-reactive ketones (excluding diaryl/α,β-unsaturated/α-hetero) is 3. The fourth-order valence-corrected chi connectivity index (χ4v) is 7.27. The zero-order chi connectivity index (χ0) is 28.6. The first-order valence-electron chi connectivity index (χ1n) is 14.2. The van der Waals surface area contributed by atoms with Gasteiger partial charge in [-0.2, -0.15) is 0 Å². The molecule has 41 heavy (non-hydrogen) atoms. The Morgan fingerprint density at radius 1 is 1.00 bits per heavy atom. The highest BCUT2D eigenvalue weighted by atomic mass is 16.5. The van der Waals surface area contributed by atoms with E-state index in [1.807, 2.05) is 30.5 Å². The molecule has 4 heterocycles. The van der Waals surface area contributed by atoms with Gasteiger partial charge in [-0.15, -0.1) is 0 Å². The number of carbonyl (C=O) groups is 3. The fraction of sp³-hybridized carbons (Fsp3) is 0.406. The minimum absolute atomic E-state index is 0.0566. The summed E-state index contributed by atoms with van der Waals surface area (Å²) in [6, 6.07) is 11.9. The summed E-state index contributed by atoms with van der Waals surface area (Å²) in [5.41, 5.74) is 5.68. The predicted molar refractivity (Wildman–Crippen MR) is 150 cm³/mol. The van der Waals surface area contributed by atoms with Gasteiger partial charge in [0, 0.05) is 41.6 Å². The summed E-state index contributed by atoms with van der Waals surface area (Å²) in [7, 11) is 0. The molecule has 1 saturated carbocycles. The van der Waals surface area contributed by atoms with E-state index in [9.17, 15) is 29.7 Å². The van der Waals surface area contributed by atoms with E-state index < -0.39 is 48.1 Å². The van der Waals surface area contributed by atoms with Crippen molar-refractivity contribution in [2.24, 2.45) is 0 Å². The number of aromatic nitrogens is 2. The van der Waals surface area contributed by atoms with E-state index in [4.69, 9.17) is 4.74 Å². The maximum absolute atomic E-state index is 13.4. The highest BCUT2D eigenvalue weighted by molar-refractivity contribution is 6.16. The Labute approximate surface area is 235 Å². The molecule has 2 aromatic carbocycles. The number of carbonyl (C=O) groups excluding carboxylic acids is 3. The Morgan fingerprint density at radius 2 is 1.78 bits per heavy atom. The number of hydrogen-bond acceptors (Lipinski definition) is 7. The molecule has 0 bridgehead atoms. The van der Waals surface area contributed by atoms with E-state index in [0.29, 0.717) is 0 Å². The first kappa shape index (κ1) is 26.3. The number of benzene rings is 2. The lowest BCUT2D eigenvalue weighted by Gasteiger charge is -2.39. The van der Waals surface area contributed by atoms with Crippen molar-refractivity contribution >= 4 is 39.2 Å². The summed E-state index contributed by atoms with van der Waals surface area (Å²) in [6.07, 6.45) is -0.424. The number of aromatic amines is 1. The molecule has 4 aromatic rings. The molecule has 7 atom stereocenters. The van der Waals surface area contributed by atoms with Crippen molar-refractivity contribution in [2.75, 3.05) is 0 Å². The number of rotatable bonds is 5. The van der Waals surface area contributed by atoms with Gasteiger partial charge in [0.05, 0.1) is 29.9 Å². The third-order valence-electron chi connectivity index (χ3n) is 9.23. The average Bonchev–Trinajstić information content (AvgIpc) is 3.62. The fourth-order valence-electron chi connectivity index (χ4n) is 7.27. The number of aliphatic hydroxyl groups excluding tert-OH is 3. The quantitative estimate of drug-likeness (QED) is 0.277. The predicted octanol–water partition coefficient (Wildman–Crippen LogP) is 2.46. The molecule has 1 aliphatic carbocycles. The van der Waals surface area contributed by atoms with Gasteiger partial charge >= 0.3 is 0 Å². The van der Waals surface area contributed by atoms with Crippen molar-refractivity contribution in [1.29, 1.82) is 0 Å². The summed E-state index contributed by atoms with van der Waals surface area (Å²) in [6.45, 7) is 2.17. The van der Waals surface area contributed by atoms with Gasteiger partial charge in [-0.05, 0) is 48.1 Å².